The molecule has 0 unspecified atom stereocenters. The molecule has 8 heteroatoms. The van der Waals surface area contributed by atoms with Crippen LogP contribution in [0.15, 0.2) is 18.5 Å². The van der Waals surface area contributed by atoms with E-state index in [1.165, 1.54) is 7.11 Å². The van der Waals surface area contributed by atoms with E-state index in [2.05, 4.69) is 20.4 Å². The lowest BCUT2D eigenvalue weighted by Gasteiger charge is -2.11. The monoisotopic (exact) mass is 281 g/mol. The summed E-state index contributed by atoms with van der Waals surface area (Å²) in [6, 6.07) is 0.0151. The summed E-state index contributed by atoms with van der Waals surface area (Å²) < 4.78 is 1.86. The van der Waals surface area contributed by atoms with Crippen molar-refractivity contribution in [3.8, 4) is 0 Å². The number of imidazole rings is 1. The zero-order chi connectivity index (χ0) is 13.4. The smallest absolute Gasteiger partial charge is 0.226 e. The van der Waals surface area contributed by atoms with Gasteiger partial charge < -0.3 is 9.67 Å². The lowest BCUT2D eigenvalue weighted by atomic mass is 10.2. The van der Waals surface area contributed by atoms with Gasteiger partial charge in [-0.3, -0.25) is 4.84 Å². The van der Waals surface area contributed by atoms with E-state index in [1.807, 2.05) is 10.6 Å². The lowest BCUT2D eigenvalue weighted by molar-refractivity contribution is 0.211. The summed E-state index contributed by atoms with van der Waals surface area (Å²) in [4.78, 5) is 17.3. The molecule has 0 bridgehead atoms. The highest BCUT2D eigenvalue weighted by molar-refractivity contribution is 6.28. The number of nitrogens with one attached hydrogen (secondary N) is 1. The van der Waals surface area contributed by atoms with Crippen LogP contribution in [0, 0.1) is 0 Å². The number of hydrogen-bond acceptors (Lipinski definition) is 6. The molecule has 7 nitrogen and oxygen atoms in total. The van der Waals surface area contributed by atoms with E-state index in [0.29, 0.717) is 23.4 Å². The van der Waals surface area contributed by atoms with Crippen molar-refractivity contribution in [2.24, 2.45) is 0 Å². The predicted molar refractivity (Wildman–Crippen MR) is 69.8 cm³/mol. The number of aromatic nitrogens is 4. The number of rotatable bonds is 3. The number of fused-ring (bicyclic) bond motifs is 1. The molecule has 2 aromatic rings. The van der Waals surface area contributed by atoms with Crippen LogP contribution in [0.5, 0.6) is 0 Å². The molecule has 2 atom stereocenters. The Morgan fingerprint density at radius 1 is 1.47 bits per heavy atom. The zero-order valence-corrected chi connectivity index (χ0v) is 10.9. The molecule has 0 aromatic carbocycles. The van der Waals surface area contributed by atoms with Crippen LogP contribution in [-0.4, -0.2) is 37.8 Å². The molecule has 0 saturated carbocycles. The topological polar surface area (TPSA) is 85.1 Å². The molecule has 1 aliphatic rings. The summed E-state index contributed by atoms with van der Waals surface area (Å²) in [7, 11) is 1.48. The van der Waals surface area contributed by atoms with Gasteiger partial charge in [0.05, 0.1) is 25.6 Å². The van der Waals surface area contributed by atoms with Gasteiger partial charge >= 0.3 is 0 Å². The van der Waals surface area contributed by atoms with E-state index in [-0.39, 0.29) is 11.3 Å². The van der Waals surface area contributed by atoms with E-state index in [0.717, 1.165) is 0 Å². The van der Waals surface area contributed by atoms with Gasteiger partial charge in [-0.25, -0.2) is 10.5 Å². The number of aliphatic hydroxyl groups excluding tert-OH is 1. The number of anilines is 1. The molecule has 0 spiro atoms. The van der Waals surface area contributed by atoms with Crippen molar-refractivity contribution in [1.82, 2.24) is 19.5 Å². The Labute approximate surface area is 113 Å². The van der Waals surface area contributed by atoms with Crippen LogP contribution in [-0.2, 0) is 4.84 Å². The maximum Gasteiger partial charge on any atom is 0.226 e. The molecule has 2 N–H and O–H groups in total. The minimum absolute atomic E-state index is 0.0151. The third-order valence-corrected chi connectivity index (χ3v) is 3.16. The molecular formula is C11H12ClN5O2. The second kappa shape index (κ2) is 4.76. The van der Waals surface area contributed by atoms with Crippen LogP contribution in [0.4, 0.5) is 5.82 Å². The van der Waals surface area contributed by atoms with Gasteiger partial charge in [0.15, 0.2) is 17.0 Å². The van der Waals surface area contributed by atoms with Crippen LogP contribution in [0.2, 0.25) is 5.28 Å². The molecule has 0 aliphatic heterocycles. The molecule has 19 heavy (non-hydrogen) atoms. The van der Waals surface area contributed by atoms with E-state index in [4.69, 9.17) is 16.4 Å². The maximum atomic E-state index is 9.55. The number of aliphatic hydroxyl groups is 1. The zero-order valence-electron chi connectivity index (χ0n) is 10.1. The number of nitrogens with zero attached hydrogens (tertiary/aromatic N) is 4. The van der Waals surface area contributed by atoms with Gasteiger partial charge in [0.2, 0.25) is 5.28 Å². The van der Waals surface area contributed by atoms with Crippen molar-refractivity contribution in [2.75, 3.05) is 12.6 Å². The molecule has 0 fully saturated rings. The number of halogens is 1. The van der Waals surface area contributed by atoms with Crippen molar-refractivity contribution in [3.63, 3.8) is 0 Å². The summed E-state index contributed by atoms with van der Waals surface area (Å²) in [6.45, 7) is 0. The van der Waals surface area contributed by atoms with Crippen LogP contribution in [0.3, 0.4) is 0 Å². The third kappa shape index (κ3) is 2.16. The molecule has 2 aromatic heterocycles. The largest absolute Gasteiger partial charge is 0.389 e. The first kappa shape index (κ1) is 12.3. The second-order valence-corrected chi connectivity index (χ2v) is 4.56. The summed E-state index contributed by atoms with van der Waals surface area (Å²) in [6.07, 6.45) is 5.50. The van der Waals surface area contributed by atoms with Gasteiger partial charge in [0.25, 0.3) is 0 Å². The Hall–Kier alpha value is -1.70. The first-order valence-electron chi connectivity index (χ1n) is 5.74. The average Bonchev–Trinajstić information content (AvgIpc) is 2.95. The van der Waals surface area contributed by atoms with E-state index in [1.54, 1.807) is 12.4 Å². The predicted octanol–water partition coefficient (Wildman–Crippen LogP) is 1.31. The van der Waals surface area contributed by atoms with Gasteiger partial charge in [-0.1, -0.05) is 12.2 Å². The van der Waals surface area contributed by atoms with Crippen LogP contribution >= 0.6 is 11.6 Å². The minimum Gasteiger partial charge on any atom is -0.389 e. The Balaban J connectivity index is 2.10. The first-order chi connectivity index (χ1) is 9.19. The molecule has 0 radical (unpaired) electrons. The number of hydrogen-bond donors (Lipinski definition) is 2. The van der Waals surface area contributed by atoms with Crippen LogP contribution in [0.1, 0.15) is 12.5 Å². The van der Waals surface area contributed by atoms with E-state index >= 15 is 0 Å². The summed E-state index contributed by atoms with van der Waals surface area (Å²) in [5.74, 6) is 0.416. The molecule has 0 saturated heterocycles. The highest BCUT2D eigenvalue weighted by atomic mass is 35.5. The highest BCUT2D eigenvalue weighted by Crippen LogP contribution is 2.28. The van der Waals surface area contributed by atoms with Gasteiger partial charge in [-0.05, 0) is 11.6 Å². The van der Waals surface area contributed by atoms with Gasteiger partial charge in [-0.2, -0.15) is 9.97 Å². The minimum atomic E-state index is -0.434. The van der Waals surface area contributed by atoms with Crippen molar-refractivity contribution in [1.29, 1.82) is 0 Å². The average molecular weight is 282 g/mol. The summed E-state index contributed by atoms with van der Waals surface area (Å²) in [5, 5.41) is 9.66. The van der Waals surface area contributed by atoms with Crippen LogP contribution in [0.25, 0.3) is 11.2 Å². The molecular weight excluding hydrogens is 270 g/mol. The van der Waals surface area contributed by atoms with Gasteiger partial charge in [-0.15, -0.1) is 0 Å². The second-order valence-electron chi connectivity index (χ2n) is 4.23. The molecule has 100 valence electrons. The Morgan fingerprint density at radius 2 is 2.32 bits per heavy atom. The highest BCUT2D eigenvalue weighted by Gasteiger charge is 2.22. The fourth-order valence-electron chi connectivity index (χ4n) is 2.17. The van der Waals surface area contributed by atoms with E-state index < -0.39 is 6.10 Å². The fourth-order valence-corrected chi connectivity index (χ4v) is 2.33. The Kier molecular flexibility index (Phi) is 3.09. The maximum absolute atomic E-state index is 9.55. The van der Waals surface area contributed by atoms with Gasteiger partial charge in [0, 0.05) is 6.42 Å². The Bertz CT molecular complexity index is 641. The van der Waals surface area contributed by atoms with Crippen molar-refractivity contribution < 1.29 is 9.94 Å². The Morgan fingerprint density at radius 3 is 3.00 bits per heavy atom. The quantitative estimate of drug-likeness (QED) is 0.501. The van der Waals surface area contributed by atoms with Gasteiger partial charge in [0.1, 0.15) is 0 Å². The van der Waals surface area contributed by atoms with Crippen molar-refractivity contribution >= 4 is 28.6 Å². The lowest BCUT2D eigenvalue weighted by Crippen LogP contribution is -2.08. The van der Waals surface area contributed by atoms with Crippen LogP contribution < -0.4 is 5.48 Å². The third-order valence-electron chi connectivity index (χ3n) is 2.99. The number of allylic oxidation sites excluding steroid dienone is 1. The molecule has 0 amide bonds. The van der Waals surface area contributed by atoms with E-state index in [9.17, 15) is 5.11 Å². The standard InChI is InChI=1S/C11H12ClN5O2/c1-19-16-9-8-10(15-11(12)14-9)17(5-13-8)6-2-3-7(18)4-6/h2-3,5-7,18H,4H2,1H3,(H,14,15,16)/t6-,7+/m1/s1. The van der Waals surface area contributed by atoms with Crippen molar-refractivity contribution in [2.45, 2.75) is 18.6 Å². The fraction of sp³-hybridized carbons (Fsp3) is 0.364. The molecule has 1 aliphatic carbocycles. The first-order valence-corrected chi connectivity index (χ1v) is 6.12. The summed E-state index contributed by atoms with van der Waals surface area (Å²) >= 11 is 5.90. The normalized spacial score (nSPS) is 22.3. The summed E-state index contributed by atoms with van der Waals surface area (Å²) in [5.41, 5.74) is 3.80. The molecule has 3 rings (SSSR count). The molecule has 2 heterocycles. The SMILES string of the molecule is CONc1nc(Cl)nc2c1ncn2[C@@H]1C=C[C@H](O)C1. The van der Waals surface area contributed by atoms with Crippen molar-refractivity contribution in [3.05, 3.63) is 23.8 Å².